The first-order chi connectivity index (χ1) is 14.8. The van der Waals surface area contributed by atoms with Gasteiger partial charge >= 0.3 is 0 Å². The molecule has 1 aromatic carbocycles. The number of aryl methyl sites for hydroxylation is 1. The largest absolute Gasteiger partial charge is 0.380 e. The number of anilines is 1. The Morgan fingerprint density at radius 3 is 2.90 bits per heavy atom. The van der Waals surface area contributed by atoms with Crippen LogP contribution in [0.1, 0.15) is 44.2 Å². The lowest BCUT2D eigenvalue weighted by molar-refractivity contribution is -0.118. The molecular formula is C23H30F2N4O2. The van der Waals surface area contributed by atoms with Crippen LogP contribution in [-0.2, 0) is 28.9 Å². The summed E-state index contributed by atoms with van der Waals surface area (Å²) in [7, 11) is 0. The summed E-state index contributed by atoms with van der Waals surface area (Å²) >= 11 is 0. The van der Waals surface area contributed by atoms with E-state index in [1.54, 1.807) is 6.33 Å². The van der Waals surface area contributed by atoms with Gasteiger partial charge in [0.2, 0.25) is 5.91 Å². The number of halogens is 2. The Bertz CT molecular complexity index is 942. The molecule has 2 aromatic rings. The van der Waals surface area contributed by atoms with Crippen molar-refractivity contribution in [2.24, 2.45) is 5.41 Å². The maximum absolute atomic E-state index is 14.2. The molecule has 4 rings (SSSR count). The highest BCUT2D eigenvalue weighted by molar-refractivity contribution is 5.94. The number of fused-ring (bicyclic) bond motifs is 1. The number of benzene rings is 1. The number of nitrogens with one attached hydrogen (secondary N) is 2. The van der Waals surface area contributed by atoms with Crippen LogP contribution < -0.4 is 10.6 Å². The van der Waals surface area contributed by atoms with Crippen LogP contribution in [0.15, 0.2) is 24.7 Å². The molecule has 2 atom stereocenters. The number of hydrogen-bond donors (Lipinski definition) is 2. The normalized spacial score (nSPS) is 20.6. The van der Waals surface area contributed by atoms with E-state index in [-0.39, 0.29) is 17.4 Å². The zero-order chi connectivity index (χ0) is 22.0. The van der Waals surface area contributed by atoms with E-state index in [1.165, 1.54) is 6.07 Å². The Labute approximate surface area is 181 Å². The smallest absolute Gasteiger partial charge is 0.242 e. The van der Waals surface area contributed by atoms with Gasteiger partial charge in [-0.3, -0.25) is 4.79 Å². The van der Waals surface area contributed by atoms with Gasteiger partial charge in [0.15, 0.2) is 5.82 Å². The van der Waals surface area contributed by atoms with Crippen LogP contribution >= 0.6 is 0 Å². The Kier molecular flexibility index (Phi) is 6.39. The summed E-state index contributed by atoms with van der Waals surface area (Å²) in [5, 5.41) is 6.31. The first-order valence-electron chi connectivity index (χ1n) is 11.0. The predicted octanol–water partition coefficient (Wildman–Crippen LogP) is 3.45. The number of nitrogens with zero attached hydrogens (tertiary/aromatic N) is 2. The molecule has 1 aromatic heterocycles. The molecule has 1 aliphatic carbocycles. The van der Waals surface area contributed by atoms with Crippen molar-refractivity contribution in [3.63, 3.8) is 0 Å². The maximum atomic E-state index is 14.2. The third kappa shape index (κ3) is 5.13. The SMILES string of the molecule is CCC[C@H](NC1CCc2cc(F)cc(F)c2C1)C(=O)Nc1cn(CC2(C)COC2)cn1. The first-order valence-corrected chi connectivity index (χ1v) is 11.0. The maximum Gasteiger partial charge on any atom is 0.242 e. The fourth-order valence-electron chi connectivity index (χ4n) is 4.50. The van der Waals surface area contributed by atoms with Gasteiger partial charge in [-0.1, -0.05) is 20.3 Å². The molecule has 8 heteroatoms. The van der Waals surface area contributed by atoms with Crippen LogP contribution in [0.4, 0.5) is 14.6 Å². The summed E-state index contributed by atoms with van der Waals surface area (Å²) in [4.78, 5) is 17.2. The second kappa shape index (κ2) is 9.04. The molecule has 2 N–H and O–H groups in total. The molecule has 1 saturated heterocycles. The second-order valence-corrected chi connectivity index (χ2v) is 9.20. The third-order valence-electron chi connectivity index (χ3n) is 6.15. The molecule has 0 bridgehead atoms. The molecule has 168 valence electrons. The quantitative estimate of drug-likeness (QED) is 0.671. The van der Waals surface area contributed by atoms with E-state index in [2.05, 4.69) is 22.5 Å². The number of amides is 1. The number of carbonyl (C=O) groups excluding carboxylic acids is 1. The summed E-state index contributed by atoms with van der Waals surface area (Å²) in [6, 6.07) is 1.91. The van der Waals surface area contributed by atoms with Gasteiger partial charge in [-0.05, 0) is 42.9 Å². The van der Waals surface area contributed by atoms with Crippen molar-refractivity contribution in [1.29, 1.82) is 0 Å². The first kappa shape index (κ1) is 21.9. The monoisotopic (exact) mass is 432 g/mol. The minimum Gasteiger partial charge on any atom is -0.380 e. The van der Waals surface area contributed by atoms with Gasteiger partial charge in [0, 0.05) is 30.3 Å². The number of ether oxygens (including phenoxy) is 1. The van der Waals surface area contributed by atoms with Crippen LogP contribution in [0.3, 0.4) is 0 Å². The summed E-state index contributed by atoms with van der Waals surface area (Å²) in [5.41, 5.74) is 1.39. The summed E-state index contributed by atoms with van der Waals surface area (Å²) in [6.45, 7) is 6.44. The van der Waals surface area contributed by atoms with Crippen molar-refractivity contribution < 1.29 is 18.3 Å². The van der Waals surface area contributed by atoms with Gasteiger partial charge in [-0.2, -0.15) is 0 Å². The molecule has 2 aliphatic rings. The molecule has 31 heavy (non-hydrogen) atoms. The van der Waals surface area contributed by atoms with E-state index in [9.17, 15) is 13.6 Å². The number of carbonyl (C=O) groups is 1. The fraction of sp³-hybridized carbons (Fsp3) is 0.565. The Hall–Kier alpha value is -2.32. The van der Waals surface area contributed by atoms with Gasteiger partial charge in [-0.25, -0.2) is 13.8 Å². The van der Waals surface area contributed by atoms with Gasteiger partial charge < -0.3 is 19.9 Å². The lowest BCUT2D eigenvalue weighted by atomic mass is 9.87. The summed E-state index contributed by atoms with van der Waals surface area (Å²) in [5.74, 6) is -0.666. The van der Waals surface area contributed by atoms with Crippen LogP contribution in [0.2, 0.25) is 0 Å². The van der Waals surface area contributed by atoms with Crippen molar-refractivity contribution >= 4 is 11.7 Å². The summed E-state index contributed by atoms with van der Waals surface area (Å²) in [6.07, 6.45) is 6.84. The minimum absolute atomic E-state index is 0.0362. The minimum atomic E-state index is -0.538. The fourth-order valence-corrected chi connectivity index (χ4v) is 4.50. The number of rotatable bonds is 8. The Balaban J connectivity index is 1.37. The van der Waals surface area contributed by atoms with Crippen LogP contribution in [0.25, 0.3) is 0 Å². The molecule has 0 radical (unpaired) electrons. The molecule has 0 saturated carbocycles. The van der Waals surface area contributed by atoms with Crippen LogP contribution in [-0.4, -0.2) is 40.8 Å². The molecule has 1 fully saturated rings. The number of aromatic nitrogens is 2. The molecule has 1 amide bonds. The van der Waals surface area contributed by atoms with E-state index in [0.29, 0.717) is 30.6 Å². The van der Waals surface area contributed by atoms with Crippen molar-refractivity contribution in [3.8, 4) is 0 Å². The number of hydrogen-bond acceptors (Lipinski definition) is 4. The number of imidazole rings is 1. The Morgan fingerprint density at radius 2 is 2.19 bits per heavy atom. The van der Waals surface area contributed by atoms with Gasteiger partial charge in [0.05, 0.1) is 25.6 Å². The van der Waals surface area contributed by atoms with Crippen LogP contribution in [0, 0.1) is 17.0 Å². The van der Waals surface area contributed by atoms with Crippen molar-refractivity contribution in [2.45, 2.75) is 64.6 Å². The van der Waals surface area contributed by atoms with Crippen molar-refractivity contribution in [3.05, 3.63) is 47.4 Å². The molecule has 0 spiro atoms. The van der Waals surface area contributed by atoms with Crippen molar-refractivity contribution in [2.75, 3.05) is 18.5 Å². The Morgan fingerprint density at radius 1 is 1.39 bits per heavy atom. The highest BCUT2D eigenvalue weighted by atomic mass is 19.1. The van der Waals surface area contributed by atoms with Gasteiger partial charge in [-0.15, -0.1) is 0 Å². The summed E-state index contributed by atoms with van der Waals surface area (Å²) < 4.78 is 35.0. The van der Waals surface area contributed by atoms with Crippen molar-refractivity contribution in [1.82, 2.24) is 14.9 Å². The molecular weight excluding hydrogens is 402 g/mol. The molecule has 6 nitrogen and oxygen atoms in total. The van der Waals surface area contributed by atoms with E-state index in [4.69, 9.17) is 4.74 Å². The highest BCUT2D eigenvalue weighted by Gasteiger charge is 2.34. The van der Waals surface area contributed by atoms with E-state index in [0.717, 1.165) is 44.2 Å². The van der Waals surface area contributed by atoms with Gasteiger partial charge in [0.1, 0.15) is 11.6 Å². The van der Waals surface area contributed by atoms with Crippen LogP contribution in [0.5, 0.6) is 0 Å². The zero-order valence-electron chi connectivity index (χ0n) is 18.1. The van der Waals surface area contributed by atoms with E-state index >= 15 is 0 Å². The van der Waals surface area contributed by atoms with E-state index in [1.807, 2.05) is 17.7 Å². The zero-order valence-corrected chi connectivity index (χ0v) is 18.1. The predicted molar refractivity (Wildman–Crippen MR) is 114 cm³/mol. The molecule has 2 heterocycles. The van der Waals surface area contributed by atoms with Gasteiger partial charge in [0.25, 0.3) is 0 Å². The average Bonchev–Trinajstić information content (AvgIpc) is 3.13. The van der Waals surface area contributed by atoms with E-state index < -0.39 is 17.7 Å². The third-order valence-corrected chi connectivity index (χ3v) is 6.15. The highest BCUT2D eigenvalue weighted by Crippen LogP contribution is 2.29. The topological polar surface area (TPSA) is 68.2 Å². The molecule has 1 aliphatic heterocycles. The molecule has 1 unspecified atom stereocenters. The average molecular weight is 433 g/mol. The standard InChI is InChI=1S/C23H30F2N4O2/c1-3-4-20(27-17-6-5-15-7-16(24)8-19(25)18(15)9-17)22(30)28-21-10-29(14-26-21)11-23(2)12-31-13-23/h7-8,10,14,17,20,27H,3-6,9,11-13H2,1-2H3,(H,28,30)/t17?,20-/m0/s1. The lowest BCUT2D eigenvalue weighted by Crippen LogP contribution is -2.48. The second-order valence-electron chi connectivity index (χ2n) is 9.20. The lowest BCUT2D eigenvalue weighted by Gasteiger charge is -2.38.